The Balaban J connectivity index is 1.85. The average Bonchev–Trinajstić information content (AvgIpc) is 2.69. The van der Waals surface area contributed by atoms with Crippen molar-refractivity contribution < 1.29 is 13.2 Å². The molecule has 0 bridgehead atoms. The molecule has 1 aliphatic heterocycles. The van der Waals surface area contributed by atoms with Crippen LogP contribution in [0, 0.1) is 0 Å². The Hall–Kier alpha value is -1.63. The van der Waals surface area contributed by atoms with Crippen molar-refractivity contribution >= 4 is 15.9 Å². The molecule has 2 N–H and O–H groups in total. The lowest BCUT2D eigenvalue weighted by Crippen LogP contribution is -2.43. The number of carbonyl (C=O) groups is 1. The minimum Gasteiger partial charge on any atom is -0.334 e. The fourth-order valence-corrected chi connectivity index (χ4v) is 3.71. The van der Waals surface area contributed by atoms with Gasteiger partial charge in [0.2, 0.25) is 0 Å². The highest BCUT2D eigenvalue weighted by Gasteiger charge is 2.29. The Bertz CT molecular complexity index is 545. The van der Waals surface area contributed by atoms with Gasteiger partial charge in [0.05, 0.1) is 23.2 Å². The first kappa shape index (κ1) is 13.8. The lowest BCUT2D eigenvalue weighted by atomic mass is 10.2. The normalized spacial score (nSPS) is 22.7. The van der Waals surface area contributed by atoms with E-state index in [1.165, 1.54) is 0 Å². The van der Waals surface area contributed by atoms with Crippen molar-refractivity contribution in [3.8, 4) is 0 Å². The van der Waals surface area contributed by atoms with Crippen LogP contribution in [0.15, 0.2) is 24.4 Å². The summed E-state index contributed by atoms with van der Waals surface area (Å²) in [5.41, 5.74) is 0.761. The summed E-state index contributed by atoms with van der Waals surface area (Å²) in [5.74, 6) is 0.173. The lowest BCUT2D eigenvalue weighted by molar-refractivity contribution is 0.235. The Kier molecular flexibility index (Phi) is 4.04. The molecule has 1 fully saturated rings. The van der Waals surface area contributed by atoms with Gasteiger partial charge in [-0.3, -0.25) is 4.98 Å². The third-order valence-electron chi connectivity index (χ3n) is 3.05. The summed E-state index contributed by atoms with van der Waals surface area (Å²) < 4.78 is 22.6. The number of rotatable bonds is 3. The van der Waals surface area contributed by atoms with Gasteiger partial charge in [-0.1, -0.05) is 6.07 Å². The van der Waals surface area contributed by atoms with Crippen molar-refractivity contribution in [2.75, 3.05) is 11.5 Å². The summed E-state index contributed by atoms with van der Waals surface area (Å²) in [6, 6.07) is 4.60. The van der Waals surface area contributed by atoms with E-state index in [2.05, 4.69) is 15.6 Å². The van der Waals surface area contributed by atoms with E-state index < -0.39 is 9.84 Å². The van der Waals surface area contributed by atoms with E-state index in [9.17, 15) is 13.2 Å². The number of nitrogens with zero attached hydrogens (tertiary/aromatic N) is 1. The van der Waals surface area contributed by atoms with Crippen LogP contribution in [0.3, 0.4) is 0 Å². The average molecular weight is 283 g/mol. The minimum absolute atomic E-state index is 0.0262. The van der Waals surface area contributed by atoms with Crippen LogP contribution in [0.1, 0.15) is 25.1 Å². The zero-order chi connectivity index (χ0) is 13.9. The van der Waals surface area contributed by atoms with Gasteiger partial charge >= 0.3 is 6.03 Å². The molecule has 19 heavy (non-hydrogen) atoms. The molecule has 0 aliphatic carbocycles. The summed E-state index contributed by atoms with van der Waals surface area (Å²) in [6.45, 7) is 1.83. The van der Waals surface area contributed by atoms with Crippen LogP contribution in [0.4, 0.5) is 4.79 Å². The van der Waals surface area contributed by atoms with Crippen LogP contribution >= 0.6 is 0 Å². The van der Waals surface area contributed by atoms with E-state index in [4.69, 9.17) is 0 Å². The topological polar surface area (TPSA) is 88.2 Å². The molecular formula is C12H17N3O3S. The monoisotopic (exact) mass is 283 g/mol. The maximum Gasteiger partial charge on any atom is 0.315 e. The van der Waals surface area contributed by atoms with Crippen LogP contribution < -0.4 is 10.6 Å². The van der Waals surface area contributed by atoms with Crippen molar-refractivity contribution in [3.63, 3.8) is 0 Å². The van der Waals surface area contributed by atoms with Gasteiger partial charge in [0.25, 0.3) is 0 Å². The van der Waals surface area contributed by atoms with Gasteiger partial charge in [-0.15, -0.1) is 0 Å². The quantitative estimate of drug-likeness (QED) is 0.851. The fourth-order valence-electron chi connectivity index (χ4n) is 2.04. The summed E-state index contributed by atoms with van der Waals surface area (Å²) in [4.78, 5) is 15.9. The van der Waals surface area contributed by atoms with Crippen LogP contribution in [-0.2, 0) is 9.84 Å². The first-order valence-corrected chi connectivity index (χ1v) is 7.97. The molecule has 0 aromatic carbocycles. The lowest BCUT2D eigenvalue weighted by Gasteiger charge is -2.16. The number of sulfone groups is 1. The molecule has 0 unspecified atom stereocenters. The second kappa shape index (κ2) is 5.56. The summed E-state index contributed by atoms with van der Waals surface area (Å²) in [7, 11) is -2.98. The third kappa shape index (κ3) is 3.92. The highest BCUT2D eigenvalue weighted by Crippen LogP contribution is 2.12. The molecule has 1 aromatic heterocycles. The van der Waals surface area contributed by atoms with Gasteiger partial charge in [0.1, 0.15) is 0 Å². The van der Waals surface area contributed by atoms with Gasteiger partial charge in [-0.25, -0.2) is 13.2 Å². The maximum atomic E-state index is 11.7. The van der Waals surface area contributed by atoms with Crippen molar-refractivity contribution in [1.82, 2.24) is 15.6 Å². The summed E-state index contributed by atoms with van der Waals surface area (Å²) >= 11 is 0. The number of hydrogen-bond donors (Lipinski definition) is 2. The molecule has 2 amide bonds. The number of carbonyl (C=O) groups excluding carboxylic acids is 1. The fraction of sp³-hybridized carbons (Fsp3) is 0.500. The molecule has 2 heterocycles. The third-order valence-corrected chi connectivity index (χ3v) is 4.81. The zero-order valence-corrected chi connectivity index (χ0v) is 11.5. The first-order valence-electron chi connectivity index (χ1n) is 6.15. The van der Waals surface area contributed by atoms with Crippen LogP contribution in [-0.4, -0.2) is 37.0 Å². The van der Waals surface area contributed by atoms with Gasteiger partial charge in [-0.05, 0) is 25.5 Å². The number of aromatic nitrogens is 1. The van der Waals surface area contributed by atoms with Crippen LogP contribution in [0.2, 0.25) is 0 Å². The molecule has 0 radical (unpaired) electrons. The zero-order valence-electron chi connectivity index (χ0n) is 10.7. The Morgan fingerprint density at radius 2 is 2.26 bits per heavy atom. The van der Waals surface area contributed by atoms with Gasteiger partial charge in [0.15, 0.2) is 9.84 Å². The first-order chi connectivity index (χ1) is 8.96. The molecule has 1 saturated heterocycles. The molecule has 2 rings (SSSR count). The molecule has 0 saturated carbocycles. The highest BCUT2D eigenvalue weighted by molar-refractivity contribution is 7.91. The van der Waals surface area contributed by atoms with E-state index in [-0.39, 0.29) is 29.6 Å². The number of hydrogen-bond acceptors (Lipinski definition) is 4. The molecule has 0 spiro atoms. The van der Waals surface area contributed by atoms with Crippen molar-refractivity contribution in [2.24, 2.45) is 0 Å². The molecule has 2 atom stereocenters. The highest BCUT2D eigenvalue weighted by atomic mass is 32.2. The standard InChI is InChI=1S/C12H17N3O3S/c1-9(11-4-2-3-6-13-11)14-12(16)15-10-5-7-19(17,18)8-10/h2-4,6,9-10H,5,7-8H2,1H3,(H2,14,15,16)/t9-,10+/m1/s1. The van der Waals surface area contributed by atoms with Gasteiger partial charge in [0, 0.05) is 12.2 Å². The van der Waals surface area contributed by atoms with Crippen molar-refractivity contribution in [3.05, 3.63) is 30.1 Å². The predicted molar refractivity (Wildman–Crippen MR) is 71.4 cm³/mol. The predicted octanol–water partition coefficient (Wildman–Crippen LogP) is 0.629. The Morgan fingerprint density at radius 1 is 1.47 bits per heavy atom. The van der Waals surface area contributed by atoms with E-state index >= 15 is 0 Å². The molecular weight excluding hydrogens is 266 g/mol. The molecule has 7 heteroatoms. The SMILES string of the molecule is C[C@@H](NC(=O)N[C@H]1CCS(=O)(=O)C1)c1ccccn1. The Labute approximate surface area is 112 Å². The van der Waals surface area contributed by atoms with Gasteiger partial charge < -0.3 is 10.6 Å². The van der Waals surface area contributed by atoms with E-state index in [1.54, 1.807) is 12.3 Å². The summed E-state index contributed by atoms with van der Waals surface area (Å²) in [5, 5.41) is 5.42. The van der Waals surface area contributed by atoms with Crippen LogP contribution in [0.5, 0.6) is 0 Å². The van der Waals surface area contributed by atoms with Gasteiger partial charge in [-0.2, -0.15) is 0 Å². The van der Waals surface area contributed by atoms with E-state index in [0.717, 1.165) is 5.69 Å². The number of nitrogens with one attached hydrogen (secondary N) is 2. The second-order valence-corrected chi connectivity index (χ2v) is 6.92. The van der Waals surface area contributed by atoms with Crippen molar-refractivity contribution in [2.45, 2.75) is 25.4 Å². The largest absolute Gasteiger partial charge is 0.334 e. The number of urea groups is 1. The smallest absolute Gasteiger partial charge is 0.315 e. The van der Waals surface area contributed by atoms with Crippen molar-refractivity contribution in [1.29, 1.82) is 0 Å². The molecule has 104 valence electrons. The summed E-state index contributed by atoms with van der Waals surface area (Å²) in [6.07, 6.45) is 2.14. The molecule has 1 aliphatic rings. The Morgan fingerprint density at radius 3 is 2.84 bits per heavy atom. The maximum absolute atomic E-state index is 11.7. The molecule has 1 aromatic rings. The number of amides is 2. The molecule has 6 nitrogen and oxygen atoms in total. The van der Waals surface area contributed by atoms with E-state index in [0.29, 0.717) is 6.42 Å². The van der Waals surface area contributed by atoms with Crippen LogP contribution in [0.25, 0.3) is 0 Å². The second-order valence-electron chi connectivity index (χ2n) is 4.69. The number of pyridine rings is 1. The minimum atomic E-state index is -2.98. The van der Waals surface area contributed by atoms with E-state index in [1.807, 2.05) is 19.1 Å².